The van der Waals surface area contributed by atoms with Gasteiger partial charge in [-0.2, -0.15) is 0 Å². The van der Waals surface area contributed by atoms with Crippen LogP contribution in [0, 0.1) is 0 Å². The third-order valence-electron chi connectivity index (χ3n) is 2.07. The monoisotopic (exact) mass is 289 g/mol. The number of alkyl carbamates (subject to hydrolysis) is 1. The molecular formula is C16H19NO4. The van der Waals surface area contributed by atoms with Crippen molar-refractivity contribution in [3.05, 3.63) is 60.5 Å². The molecule has 0 aliphatic rings. The number of amides is 1. The lowest BCUT2D eigenvalue weighted by Crippen LogP contribution is -2.29. The molecule has 112 valence electrons. The van der Waals surface area contributed by atoms with Gasteiger partial charge in [0, 0.05) is 6.20 Å². The van der Waals surface area contributed by atoms with Gasteiger partial charge in [0.25, 0.3) is 0 Å². The number of ether oxygens (including phenoxy) is 2. The van der Waals surface area contributed by atoms with Crippen molar-refractivity contribution in [2.75, 3.05) is 0 Å². The van der Waals surface area contributed by atoms with Crippen LogP contribution >= 0.6 is 0 Å². The van der Waals surface area contributed by atoms with E-state index in [-0.39, 0.29) is 0 Å². The Labute approximate surface area is 124 Å². The quantitative estimate of drug-likeness (QED) is 0.524. The Morgan fingerprint density at radius 1 is 1.10 bits per heavy atom. The summed E-state index contributed by atoms with van der Waals surface area (Å²) < 4.78 is 9.93. The number of allylic oxidation sites excluding steroid dienone is 2. The van der Waals surface area contributed by atoms with Gasteiger partial charge >= 0.3 is 12.1 Å². The molecule has 0 aliphatic heterocycles. The number of benzene rings is 1. The molecule has 1 N–H and O–H groups in total. The maximum absolute atomic E-state index is 11.6. The molecule has 0 atom stereocenters. The van der Waals surface area contributed by atoms with Gasteiger partial charge < -0.3 is 9.47 Å². The Balaban J connectivity index is 2.30. The van der Waals surface area contributed by atoms with Crippen LogP contribution in [-0.4, -0.2) is 17.7 Å². The number of hydrogen-bond acceptors (Lipinski definition) is 4. The van der Waals surface area contributed by atoms with Crippen LogP contribution in [0.1, 0.15) is 31.1 Å². The van der Waals surface area contributed by atoms with Gasteiger partial charge in [-0.3, -0.25) is 5.32 Å². The summed E-state index contributed by atoms with van der Waals surface area (Å²) in [4.78, 5) is 22.8. The molecular weight excluding hydrogens is 270 g/mol. The molecule has 5 heteroatoms. The Morgan fingerprint density at radius 2 is 1.76 bits per heavy atom. The lowest BCUT2D eigenvalue weighted by atomic mass is 10.2. The average molecular weight is 289 g/mol. The highest BCUT2D eigenvalue weighted by Gasteiger charge is 2.14. The summed E-state index contributed by atoms with van der Waals surface area (Å²) in [5.41, 5.74) is -0.0723. The fourth-order valence-corrected chi connectivity index (χ4v) is 1.27. The molecule has 1 rings (SSSR count). The first-order chi connectivity index (χ1) is 9.88. The van der Waals surface area contributed by atoms with Gasteiger partial charge in [-0.1, -0.05) is 18.2 Å². The van der Waals surface area contributed by atoms with E-state index in [0.29, 0.717) is 5.56 Å². The van der Waals surface area contributed by atoms with E-state index in [0.717, 1.165) is 0 Å². The maximum atomic E-state index is 11.6. The minimum Gasteiger partial charge on any atom is -0.444 e. The molecule has 0 fully saturated rings. The molecule has 5 nitrogen and oxygen atoms in total. The first-order valence-electron chi connectivity index (χ1n) is 6.46. The third-order valence-corrected chi connectivity index (χ3v) is 2.07. The zero-order chi connectivity index (χ0) is 15.7. The van der Waals surface area contributed by atoms with Gasteiger partial charge in [-0.25, -0.2) is 9.59 Å². The molecule has 0 radical (unpaired) electrons. The molecule has 0 spiro atoms. The van der Waals surface area contributed by atoms with Crippen LogP contribution in [0.3, 0.4) is 0 Å². The van der Waals surface area contributed by atoms with Crippen molar-refractivity contribution < 1.29 is 19.1 Å². The zero-order valence-electron chi connectivity index (χ0n) is 12.3. The minimum absolute atomic E-state index is 0.444. The van der Waals surface area contributed by atoms with E-state index in [1.165, 1.54) is 24.6 Å². The van der Waals surface area contributed by atoms with Gasteiger partial charge in [0.1, 0.15) is 5.60 Å². The van der Waals surface area contributed by atoms with Crippen molar-refractivity contribution in [2.24, 2.45) is 0 Å². The number of hydrogen-bond donors (Lipinski definition) is 1. The molecule has 0 unspecified atom stereocenters. The van der Waals surface area contributed by atoms with E-state index in [1.807, 2.05) is 6.07 Å². The second-order valence-corrected chi connectivity index (χ2v) is 5.11. The highest BCUT2D eigenvalue weighted by Crippen LogP contribution is 2.06. The number of nitrogens with one attached hydrogen (secondary N) is 1. The highest BCUT2D eigenvalue weighted by atomic mass is 16.6. The molecule has 0 saturated carbocycles. The molecule has 1 aromatic rings. The standard InChI is InChI=1S/C16H19NO4/c1-16(2,3)21-15(19)17-11-7-8-12-20-14(18)13-9-5-4-6-10-13/h4-12H,1-3H3,(H,17,19). The van der Waals surface area contributed by atoms with Crippen LogP contribution in [-0.2, 0) is 9.47 Å². The maximum Gasteiger partial charge on any atom is 0.411 e. The van der Waals surface area contributed by atoms with Crippen LogP contribution in [0.25, 0.3) is 0 Å². The van der Waals surface area contributed by atoms with Gasteiger partial charge in [0.05, 0.1) is 11.8 Å². The first-order valence-corrected chi connectivity index (χ1v) is 6.46. The van der Waals surface area contributed by atoms with E-state index in [1.54, 1.807) is 45.0 Å². The number of esters is 1. The zero-order valence-corrected chi connectivity index (χ0v) is 12.3. The van der Waals surface area contributed by atoms with E-state index >= 15 is 0 Å². The predicted octanol–water partition coefficient (Wildman–Crippen LogP) is 3.40. The summed E-state index contributed by atoms with van der Waals surface area (Å²) in [7, 11) is 0. The van der Waals surface area contributed by atoms with E-state index in [4.69, 9.17) is 9.47 Å². The summed E-state index contributed by atoms with van der Waals surface area (Å²) in [6.07, 6.45) is 5.08. The SMILES string of the molecule is CC(C)(C)OC(=O)NC=CC=COC(=O)c1ccccc1. The van der Waals surface area contributed by atoms with Crippen molar-refractivity contribution in [3.8, 4) is 0 Å². The second-order valence-electron chi connectivity index (χ2n) is 5.11. The largest absolute Gasteiger partial charge is 0.444 e. The van der Waals surface area contributed by atoms with Crippen LogP contribution < -0.4 is 5.32 Å². The van der Waals surface area contributed by atoms with Crippen LogP contribution in [0.15, 0.2) is 54.9 Å². The summed E-state index contributed by atoms with van der Waals surface area (Å²) in [6.45, 7) is 5.33. The van der Waals surface area contributed by atoms with Crippen molar-refractivity contribution in [3.63, 3.8) is 0 Å². The Kier molecular flexibility index (Phi) is 6.20. The summed E-state index contributed by atoms with van der Waals surface area (Å²) >= 11 is 0. The average Bonchev–Trinajstić information content (AvgIpc) is 2.41. The van der Waals surface area contributed by atoms with Gasteiger partial charge in [-0.05, 0) is 45.1 Å². The minimum atomic E-state index is -0.548. The fourth-order valence-electron chi connectivity index (χ4n) is 1.27. The summed E-state index contributed by atoms with van der Waals surface area (Å²) in [6, 6.07) is 8.65. The molecule has 0 heterocycles. The van der Waals surface area contributed by atoms with Gasteiger partial charge in [0.2, 0.25) is 0 Å². The van der Waals surface area contributed by atoms with E-state index in [9.17, 15) is 9.59 Å². The lowest BCUT2D eigenvalue weighted by Gasteiger charge is -2.18. The van der Waals surface area contributed by atoms with Crippen LogP contribution in [0.4, 0.5) is 4.79 Å². The predicted molar refractivity (Wildman–Crippen MR) is 79.5 cm³/mol. The lowest BCUT2D eigenvalue weighted by molar-refractivity contribution is 0.0551. The van der Waals surface area contributed by atoms with E-state index < -0.39 is 17.7 Å². The number of rotatable bonds is 4. The Morgan fingerprint density at radius 3 is 2.38 bits per heavy atom. The van der Waals surface area contributed by atoms with Crippen molar-refractivity contribution in [2.45, 2.75) is 26.4 Å². The molecule has 0 aromatic heterocycles. The number of carbonyl (C=O) groups excluding carboxylic acids is 2. The van der Waals surface area contributed by atoms with Crippen LogP contribution in [0.2, 0.25) is 0 Å². The summed E-state index contributed by atoms with van der Waals surface area (Å²) in [5, 5.41) is 2.43. The molecule has 0 saturated heterocycles. The van der Waals surface area contributed by atoms with Crippen molar-refractivity contribution >= 4 is 12.1 Å². The van der Waals surface area contributed by atoms with Gasteiger partial charge in [-0.15, -0.1) is 0 Å². The highest BCUT2D eigenvalue weighted by molar-refractivity contribution is 5.89. The molecule has 1 amide bonds. The van der Waals surface area contributed by atoms with E-state index in [2.05, 4.69) is 5.32 Å². The fraction of sp³-hybridized carbons (Fsp3) is 0.250. The molecule has 0 bridgehead atoms. The van der Waals surface area contributed by atoms with Gasteiger partial charge in [0.15, 0.2) is 0 Å². The van der Waals surface area contributed by atoms with Crippen molar-refractivity contribution in [1.29, 1.82) is 0 Å². The normalized spacial score (nSPS) is 11.6. The topological polar surface area (TPSA) is 64.6 Å². The number of carbonyl (C=O) groups is 2. The molecule has 0 aliphatic carbocycles. The van der Waals surface area contributed by atoms with Crippen molar-refractivity contribution in [1.82, 2.24) is 5.32 Å². The Bertz CT molecular complexity index is 527. The molecule has 21 heavy (non-hydrogen) atoms. The second kappa shape index (κ2) is 7.89. The Hall–Kier alpha value is -2.56. The van der Waals surface area contributed by atoms with Crippen LogP contribution in [0.5, 0.6) is 0 Å². The first kappa shape index (κ1) is 16.5. The smallest absolute Gasteiger partial charge is 0.411 e. The third kappa shape index (κ3) is 7.57. The summed E-state index contributed by atoms with van der Waals surface area (Å²) in [5.74, 6) is -0.444. The molecule has 1 aromatic carbocycles.